The molecule has 14 heavy (non-hydrogen) atoms. The molecule has 0 aliphatic carbocycles. The van der Waals surface area contributed by atoms with E-state index in [0.29, 0.717) is 6.61 Å². The third kappa shape index (κ3) is 2.13. The molecule has 0 amide bonds. The van der Waals surface area contributed by atoms with Crippen LogP contribution in [0.15, 0.2) is 36.4 Å². The van der Waals surface area contributed by atoms with E-state index in [1.807, 2.05) is 42.5 Å². The highest BCUT2D eigenvalue weighted by Gasteiger charge is 2.21. The van der Waals surface area contributed by atoms with Gasteiger partial charge in [0, 0.05) is 0 Å². The van der Waals surface area contributed by atoms with E-state index in [0.717, 1.165) is 5.56 Å². The highest BCUT2D eigenvalue weighted by atomic mass is 16.8. The predicted octanol–water partition coefficient (Wildman–Crippen LogP) is 2.24. The molecule has 0 aromatic heterocycles. The van der Waals surface area contributed by atoms with E-state index in [9.17, 15) is 4.79 Å². The zero-order valence-electron chi connectivity index (χ0n) is 7.55. The fourth-order valence-electron chi connectivity index (χ4n) is 1.22. The molecule has 1 aromatic rings. The number of carbonyl (C=O) groups is 1. The summed E-state index contributed by atoms with van der Waals surface area (Å²) >= 11 is 0. The lowest BCUT2D eigenvalue weighted by molar-refractivity contribution is 0.125. The lowest BCUT2D eigenvalue weighted by Crippen LogP contribution is -2.04. The maximum absolute atomic E-state index is 10.6. The van der Waals surface area contributed by atoms with E-state index in [1.165, 1.54) is 0 Å². The summed E-state index contributed by atoms with van der Waals surface area (Å²) in [6.07, 6.45) is 2.89. The lowest BCUT2D eigenvalue weighted by atomic mass is 10.2. The summed E-state index contributed by atoms with van der Waals surface area (Å²) in [5.74, 6) is 0. The number of rotatable bonds is 2. The maximum Gasteiger partial charge on any atom is 0.509 e. The molecule has 2 rings (SSSR count). The van der Waals surface area contributed by atoms with Crippen LogP contribution >= 0.6 is 0 Å². The molecule has 1 fully saturated rings. The first-order valence-electron chi connectivity index (χ1n) is 4.41. The summed E-state index contributed by atoms with van der Waals surface area (Å²) < 4.78 is 9.48. The summed E-state index contributed by atoms with van der Waals surface area (Å²) in [5.41, 5.74) is 1.08. The summed E-state index contributed by atoms with van der Waals surface area (Å²) in [7, 11) is 0. The average Bonchev–Trinajstić information content (AvgIpc) is 2.63. The second-order valence-electron chi connectivity index (χ2n) is 2.99. The summed E-state index contributed by atoms with van der Waals surface area (Å²) in [4.78, 5) is 10.6. The van der Waals surface area contributed by atoms with Gasteiger partial charge in [-0.25, -0.2) is 4.79 Å². The van der Waals surface area contributed by atoms with Crippen molar-refractivity contribution in [3.05, 3.63) is 42.0 Å². The topological polar surface area (TPSA) is 35.5 Å². The van der Waals surface area contributed by atoms with E-state index >= 15 is 0 Å². The van der Waals surface area contributed by atoms with Gasteiger partial charge in [-0.2, -0.15) is 0 Å². The van der Waals surface area contributed by atoms with Gasteiger partial charge < -0.3 is 9.47 Å². The van der Waals surface area contributed by atoms with Gasteiger partial charge in [-0.1, -0.05) is 36.4 Å². The lowest BCUT2D eigenvalue weighted by Gasteiger charge is -1.97. The van der Waals surface area contributed by atoms with E-state index in [-0.39, 0.29) is 6.10 Å². The number of ether oxygens (including phenoxy) is 2. The molecule has 0 saturated carbocycles. The Morgan fingerprint density at radius 2 is 2.07 bits per heavy atom. The third-order valence-electron chi connectivity index (χ3n) is 1.92. The van der Waals surface area contributed by atoms with Gasteiger partial charge in [0.1, 0.15) is 6.61 Å². The average molecular weight is 190 g/mol. The molecule has 3 nitrogen and oxygen atoms in total. The molecule has 0 radical (unpaired) electrons. The van der Waals surface area contributed by atoms with Gasteiger partial charge in [-0.05, 0) is 11.6 Å². The van der Waals surface area contributed by atoms with Crippen LogP contribution in [0.1, 0.15) is 5.56 Å². The minimum Gasteiger partial charge on any atom is -0.430 e. The predicted molar refractivity (Wildman–Crippen MR) is 51.7 cm³/mol. The Labute approximate surface area is 81.9 Å². The van der Waals surface area contributed by atoms with E-state index in [2.05, 4.69) is 4.74 Å². The van der Waals surface area contributed by atoms with Crippen molar-refractivity contribution in [3.8, 4) is 0 Å². The molecule has 1 saturated heterocycles. The summed E-state index contributed by atoms with van der Waals surface area (Å²) in [6.45, 7) is 0.308. The Morgan fingerprint density at radius 3 is 2.71 bits per heavy atom. The first-order valence-corrected chi connectivity index (χ1v) is 4.41. The third-order valence-corrected chi connectivity index (χ3v) is 1.92. The monoisotopic (exact) mass is 190 g/mol. The highest BCUT2D eigenvalue weighted by Crippen LogP contribution is 2.09. The molecular formula is C11H10O3. The van der Waals surface area contributed by atoms with Crippen molar-refractivity contribution in [1.29, 1.82) is 0 Å². The van der Waals surface area contributed by atoms with Crippen LogP contribution in [0.5, 0.6) is 0 Å². The molecule has 3 heteroatoms. The molecule has 0 bridgehead atoms. The van der Waals surface area contributed by atoms with E-state index < -0.39 is 6.16 Å². The van der Waals surface area contributed by atoms with Gasteiger partial charge in [-0.15, -0.1) is 0 Å². The van der Waals surface area contributed by atoms with E-state index in [1.54, 1.807) is 0 Å². The SMILES string of the molecule is O=C1OCC(/C=C/c2ccccc2)O1. The van der Waals surface area contributed by atoms with Gasteiger partial charge in [0.05, 0.1) is 0 Å². The maximum atomic E-state index is 10.6. The van der Waals surface area contributed by atoms with Crippen LogP contribution in [-0.4, -0.2) is 18.9 Å². The fraction of sp³-hybridized carbons (Fsp3) is 0.182. The molecule has 1 aromatic carbocycles. The number of carbonyl (C=O) groups excluding carboxylic acids is 1. The molecule has 0 N–H and O–H groups in total. The number of cyclic esters (lactones) is 2. The summed E-state index contributed by atoms with van der Waals surface area (Å²) in [5, 5.41) is 0. The van der Waals surface area contributed by atoms with Crippen LogP contribution in [0, 0.1) is 0 Å². The van der Waals surface area contributed by atoms with Crippen molar-refractivity contribution in [2.24, 2.45) is 0 Å². The zero-order chi connectivity index (χ0) is 9.80. The van der Waals surface area contributed by atoms with E-state index in [4.69, 9.17) is 4.74 Å². The van der Waals surface area contributed by atoms with Gasteiger partial charge in [-0.3, -0.25) is 0 Å². The molecule has 1 aliphatic rings. The number of benzene rings is 1. The first kappa shape index (κ1) is 8.81. The van der Waals surface area contributed by atoms with Crippen molar-refractivity contribution in [1.82, 2.24) is 0 Å². The largest absolute Gasteiger partial charge is 0.509 e. The van der Waals surface area contributed by atoms with Crippen LogP contribution < -0.4 is 0 Å². The van der Waals surface area contributed by atoms with Crippen LogP contribution in [0.25, 0.3) is 6.08 Å². The Hall–Kier alpha value is -1.77. The second kappa shape index (κ2) is 3.96. The Bertz CT molecular complexity index is 343. The second-order valence-corrected chi connectivity index (χ2v) is 2.99. The fourth-order valence-corrected chi connectivity index (χ4v) is 1.22. The van der Waals surface area contributed by atoms with Gasteiger partial charge in [0.25, 0.3) is 0 Å². The van der Waals surface area contributed by atoms with Crippen molar-refractivity contribution in [3.63, 3.8) is 0 Å². The van der Waals surface area contributed by atoms with Crippen LogP contribution in [0.4, 0.5) is 4.79 Å². The minimum atomic E-state index is -0.590. The molecule has 1 aliphatic heterocycles. The smallest absolute Gasteiger partial charge is 0.430 e. The minimum absolute atomic E-state index is 0.247. The van der Waals surface area contributed by atoms with Crippen LogP contribution in [0.3, 0.4) is 0 Å². The standard InChI is InChI=1S/C11H10O3/c12-11-13-8-10(14-11)7-6-9-4-2-1-3-5-9/h1-7,10H,8H2/b7-6+. The number of hydrogen-bond acceptors (Lipinski definition) is 3. The van der Waals surface area contributed by atoms with Crippen LogP contribution in [-0.2, 0) is 9.47 Å². The molecule has 72 valence electrons. The quantitative estimate of drug-likeness (QED) is 0.671. The number of hydrogen-bond donors (Lipinski definition) is 0. The van der Waals surface area contributed by atoms with Gasteiger partial charge >= 0.3 is 6.16 Å². The van der Waals surface area contributed by atoms with Gasteiger partial charge in [0.2, 0.25) is 0 Å². The molecular weight excluding hydrogens is 180 g/mol. The zero-order valence-corrected chi connectivity index (χ0v) is 7.55. The van der Waals surface area contributed by atoms with Crippen LogP contribution in [0.2, 0.25) is 0 Å². The first-order chi connectivity index (χ1) is 6.84. The summed E-state index contributed by atoms with van der Waals surface area (Å²) in [6, 6.07) is 9.83. The van der Waals surface area contributed by atoms with Gasteiger partial charge in [0.15, 0.2) is 6.10 Å². The van der Waals surface area contributed by atoms with Crippen molar-refractivity contribution in [2.75, 3.05) is 6.61 Å². The molecule has 0 spiro atoms. The molecule has 1 heterocycles. The van der Waals surface area contributed by atoms with Crippen molar-refractivity contribution in [2.45, 2.75) is 6.10 Å². The Kier molecular flexibility index (Phi) is 2.49. The van der Waals surface area contributed by atoms with Crippen molar-refractivity contribution < 1.29 is 14.3 Å². The molecule has 1 unspecified atom stereocenters. The Morgan fingerprint density at radius 1 is 1.29 bits per heavy atom. The highest BCUT2D eigenvalue weighted by molar-refractivity contribution is 5.63. The normalized spacial score (nSPS) is 20.9. The van der Waals surface area contributed by atoms with Crippen molar-refractivity contribution >= 4 is 12.2 Å². The molecule has 1 atom stereocenters. The Balaban J connectivity index is 1.97.